The first kappa shape index (κ1) is 15.2. The van der Waals surface area contributed by atoms with Crippen LogP contribution in [0.4, 0.5) is 4.39 Å². The molecule has 0 spiro atoms. The van der Waals surface area contributed by atoms with Gasteiger partial charge >= 0.3 is 0 Å². The molecule has 0 fully saturated rings. The highest BCUT2D eigenvalue weighted by Crippen LogP contribution is 2.38. The SMILES string of the molecule is CC(C)CC(=O)N1CCc2sccc2[C@@H]1c1ccc(F)cc1. The number of thiophene rings is 1. The summed E-state index contributed by atoms with van der Waals surface area (Å²) < 4.78 is 13.2. The van der Waals surface area contributed by atoms with Crippen LogP contribution in [0.2, 0.25) is 0 Å². The van der Waals surface area contributed by atoms with Crippen molar-refractivity contribution in [2.75, 3.05) is 6.54 Å². The van der Waals surface area contributed by atoms with E-state index in [9.17, 15) is 9.18 Å². The van der Waals surface area contributed by atoms with Gasteiger partial charge in [-0.25, -0.2) is 4.39 Å². The molecule has 22 heavy (non-hydrogen) atoms. The minimum absolute atomic E-state index is 0.0816. The molecule has 0 saturated heterocycles. The molecule has 0 bridgehead atoms. The first-order valence-electron chi connectivity index (χ1n) is 7.67. The molecule has 2 aromatic rings. The van der Waals surface area contributed by atoms with Crippen molar-refractivity contribution in [3.05, 3.63) is 57.5 Å². The second-order valence-electron chi connectivity index (χ2n) is 6.19. The van der Waals surface area contributed by atoms with Gasteiger partial charge in [-0.2, -0.15) is 0 Å². The van der Waals surface area contributed by atoms with Crippen LogP contribution in [0.5, 0.6) is 0 Å². The zero-order valence-electron chi connectivity index (χ0n) is 12.9. The van der Waals surface area contributed by atoms with Crippen molar-refractivity contribution in [1.82, 2.24) is 4.90 Å². The molecule has 0 N–H and O–H groups in total. The topological polar surface area (TPSA) is 20.3 Å². The fourth-order valence-electron chi connectivity index (χ4n) is 3.06. The largest absolute Gasteiger partial charge is 0.331 e. The summed E-state index contributed by atoms with van der Waals surface area (Å²) in [5.74, 6) is 0.275. The van der Waals surface area contributed by atoms with Crippen molar-refractivity contribution < 1.29 is 9.18 Å². The van der Waals surface area contributed by atoms with Crippen molar-refractivity contribution in [3.8, 4) is 0 Å². The van der Waals surface area contributed by atoms with Crippen molar-refractivity contribution in [2.45, 2.75) is 32.7 Å². The molecule has 0 saturated carbocycles. The van der Waals surface area contributed by atoms with Crippen molar-refractivity contribution >= 4 is 17.2 Å². The van der Waals surface area contributed by atoms with Crippen LogP contribution in [0, 0.1) is 11.7 Å². The Morgan fingerprint density at radius 1 is 1.32 bits per heavy atom. The van der Waals surface area contributed by atoms with E-state index in [4.69, 9.17) is 0 Å². The van der Waals surface area contributed by atoms with Crippen LogP contribution in [-0.4, -0.2) is 17.4 Å². The number of amides is 1. The number of fused-ring (bicyclic) bond motifs is 1. The Balaban J connectivity index is 1.99. The molecule has 3 rings (SSSR count). The molecule has 0 radical (unpaired) electrons. The van der Waals surface area contributed by atoms with Crippen molar-refractivity contribution in [1.29, 1.82) is 0 Å². The van der Waals surface area contributed by atoms with E-state index < -0.39 is 0 Å². The molecule has 1 aliphatic rings. The van der Waals surface area contributed by atoms with Gasteiger partial charge in [0.1, 0.15) is 5.82 Å². The average molecular weight is 317 g/mol. The number of carbonyl (C=O) groups is 1. The first-order valence-corrected chi connectivity index (χ1v) is 8.55. The molecular formula is C18H20FNOS. The zero-order chi connectivity index (χ0) is 15.7. The lowest BCUT2D eigenvalue weighted by Crippen LogP contribution is -2.40. The smallest absolute Gasteiger partial charge is 0.223 e. The fraction of sp³-hybridized carbons (Fsp3) is 0.389. The molecule has 0 aliphatic carbocycles. The maximum absolute atomic E-state index is 13.2. The van der Waals surface area contributed by atoms with Crippen LogP contribution in [-0.2, 0) is 11.2 Å². The van der Waals surface area contributed by atoms with Gasteiger partial charge in [-0.05, 0) is 47.0 Å². The third kappa shape index (κ3) is 2.93. The highest BCUT2D eigenvalue weighted by Gasteiger charge is 2.32. The third-order valence-electron chi connectivity index (χ3n) is 4.05. The van der Waals surface area contributed by atoms with Crippen LogP contribution >= 0.6 is 11.3 Å². The third-order valence-corrected chi connectivity index (χ3v) is 5.05. The standard InChI is InChI=1S/C18H20FNOS/c1-12(2)11-17(21)20-9-7-16-15(8-10-22-16)18(20)13-3-5-14(19)6-4-13/h3-6,8,10,12,18H,7,9,11H2,1-2H3/t18-/m0/s1. The highest BCUT2D eigenvalue weighted by atomic mass is 32.1. The van der Waals surface area contributed by atoms with Gasteiger partial charge in [0, 0.05) is 17.8 Å². The minimum Gasteiger partial charge on any atom is -0.331 e. The van der Waals surface area contributed by atoms with Crippen LogP contribution in [0.3, 0.4) is 0 Å². The second-order valence-corrected chi connectivity index (χ2v) is 7.19. The van der Waals surface area contributed by atoms with Gasteiger partial charge in [0.05, 0.1) is 6.04 Å². The Bertz CT molecular complexity index is 662. The van der Waals surface area contributed by atoms with Crippen LogP contribution in [0.1, 0.15) is 42.3 Å². The van der Waals surface area contributed by atoms with Gasteiger partial charge in [0.25, 0.3) is 0 Å². The monoisotopic (exact) mass is 317 g/mol. The van der Waals surface area contributed by atoms with Crippen LogP contribution in [0.25, 0.3) is 0 Å². The van der Waals surface area contributed by atoms with Crippen LogP contribution in [0.15, 0.2) is 35.7 Å². The number of hydrogen-bond acceptors (Lipinski definition) is 2. The van der Waals surface area contributed by atoms with Gasteiger partial charge in [-0.3, -0.25) is 4.79 Å². The molecule has 1 aliphatic heterocycles. The number of rotatable bonds is 3. The van der Waals surface area contributed by atoms with E-state index >= 15 is 0 Å². The van der Waals surface area contributed by atoms with Gasteiger partial charge in [0.15, 0.2) is 0 Å². The number of benzene rings is 1. The molecule has 1 amide bonds. The molecule has 1 atom stereocenters. The highest BCUT2D eigenvalue weighted by molar-refractivity contribution is 7.10. The quantitative estimate of drug-likeness (QED) is 0.821. The van der Waals surface area contributed by atoms with Gasteiger partial charge < -0.3 is 4.90 Å². The molecule has 0 unspecified atom stereocenters. The predicted molar refractivity (Wildman–Crippen MR) is 87.4 cm³/mol. The van der Waals surface area contributed by atoms with Gasteiger partial charge in [-0.15, -0.1) is 11.3 Å². The van der Waals surface area contributed by atoms with E-state index in [1.54, 1.807) is 23.5 Å². The van der Waals surface area contributed by atoms with Gasteiger partial charge in [-0.1, -0.05) is 26.0 Å². The van der Waals surface area contributed by atoms with Crippen LogP contribution < -0.4 is 0 Å². The lowest BCUT2D eigenvalue weighted by molar-refractivity contribution is -0.134. The first-order chi connectivity index (χ1) is 10.6. The van der Waals surface area contributed by atoms with Gasteiger partial charge in [0.2, 0.25) is 5.91 Å². The number of halogens is 1. The fourth-order valence-corrected chi connectivity index (χ4v) is 3.96. The van der Waals surface area contributed by atoms with E-state index in [0.29, 0.717) is 12.3 Å². The summed E-state index contributed by atoms with van der Waals surface area (Å²) in [5, 5.41) is 2.08. The lowest BCUT2D eigenvalue weighted by Gasteiger charge is -2.36. The molecule has 2 nitrogen and oxygen atoms in total. The lowest BCUT2D eigenvalue weighted by atomic mass is 9.92. The Labute approximate surface area is 134 Å². The summed E-state index contributed by atoms with van der Waals surface area (Å²) in [6.45, 7) is 4.86. The summed E-state index contributed by atoms with van der Waals surface area (Å²) in [4.78, 5) is 15.9. The Morgan fingerprint density at radius 3 is 2.73 bits per heavy atom. The number of hydrogen-bond donors (Lipinski definition) is 0. The Kier molecular flexibility index (Phi) is 4.30. The maximum Gasteiger partial charge on any atom is 0.223 e. The van der Waals surface area contributed by atoms with E-state index in [1.807, 2.05) is 4.90 Å². The second kappa shape index (κ2) is 6.21. The number of carbonyl (C=O) groups excluding carboxylic acids is 1. The molecule has 2 heterocycles. The normalized spacial score (nSPS) is 17.6. The Hall–Kier alpha value is -1.68. The van der Waals surface area contributed by atoms with E-state index in [1.165, 1.54) is 22.6 Å². The molecule has 1 aromatic heterocycles. The molecule has 4 heteroatoms. The minimum atomic E-state index is -0.245. The molecular weight excluding hydrogens is 297 g/mol. The molecule has 116 valence electrons. The Morgan fingerprint density at radius 2 is 2.05 bits per heavy atom. The van der Waals surface area contributed by atoms with E-state index in [-0.39, 0.29) is 17.8 Å². The summed E-state index contributed by atoms with van der Waals surface area (Å²) in [6, 6.07) is 8.55. The summed E-state index contributed by atoms with van der Waals surface area (Å²) in [7, 11) is 0. The predicted octanol–water partition coefficient (Wildman–Crippen LogP) is 4.41. The summed E-state index contributed by atoms with van der Waals surface area (Å²) in [6.07, 6.45) is 1.46. The average Bonchev–Trinajstić information content (AvgIpc) is 2.95. The summed E-state index contributed by atoms with van der Waals surface area (Å²) >= 11 is 1.74. The number of nitrogens with zero attached hydrogens (tertiary/aromatic N) is 1. The van der Waals surface area contributed by atoms with E-state index in [0.717, 1.165) is 18.5 Å². The van der Waals surface area contributed by atoms with Crippen molar-refractivity contribution in [2.24, 2.45) is 5.92 Å². The summed E-state index contributed by atoms with van der Waals surface area (Å²) in [5.41, 5.74) is 2.18. The maximum atomic E-state index is 13.2. The molecule has 1 aromatic carbocycles. The zero-order valence-corrected chi connectivity index (χ0v) is 13.7. The van der Waals surface area contributed by atoms with Crippen molar-refractivity contribution in [3.63, 3.8) is 0 Å². The van der Waals surface area contributed by atoms with E-state index in [2.05, 4.69) is 25.3 Å².